The SMILES string of the molecule is CCc1cc(CC)n(CCCl)n1. The standard InChI is InChI=1S/C9H15ClN2/c1-3-8-7-9(4-2)12(11-8)6-5-10/h7H,3-6H2,1-2H3. The predicted molar refractivity (Wildman–Crippen MR) is 51.7 cm³/mol. The highest BCUT2D eigenvalue weighted by Gasteiger charge is 2.03. The molecular formula is C9H15ClN2. The van der Waals surface area contributed by atoms with Crippen molar-refractivity contribution in [2.45, 2.75) is 33.2 Å². The molecule has 68 valence electrons. The van der Waals surface area contributed by atoms with Gasteiger partial charge in [0, 0.05) is 11.6 Å². The van der Waals surface area contributed by atoms with E-state index in [0.717, 1.165) is 25.1 Å². The van der Waals surface area contributed by atoms with Crippen LogP contribution in [-0.4, -0.2) is 15.7 Å². The summed E-state index contributed by atoms with van der Waals surface area (Å²) >= 11 is 5.66. The molecule has 1 aromatic heterocycles. The first-order valence-corrected chi connectivity index (χ1v) is 4.96. The zero-order chi connectivity index (χ0) is 8.97. The van der Waals surface area contributed by atoms with Crippen molar-refractivity contribution in [1.29, 1.82) is 0 Å². The van der Waals surface area contributed by atoms with Gasteiger partial charge >= 0.3 is 0 Å². The van der Waals surface area contributed by atoms with Gasteiger partial charge in [-0.15, -0.1) is 11.6 Å². The average molecular weight is 187 g/mol. The lowest BCUT2D eigenvalue weighted by atomic mass is 10.3. The van der Waals surface area contributed by atoms with Gasteiger partial charge in [0.25, 0.3) is 0 Å². The number of hydrogen-bond donors (Lipinski definition) is 0. The maximum absolute atomic E-state index is 5.66. The zero-order valence-electron chi connectivity index (χ0n) is 7.68. The van der Waals surface area contributed by atoms with Gasteiger partial charge in [0.05, 0.1) is 12.2 Å². The number of rotatable bonds is 4. The van der Waals surface area contributed by atoms with Crippen LogP contribution in [-0.2, 0) is 19.4 Å². The van der Waals surface area contributed by atoms with Gasteiger partial charge in [-0.3, -0.25) is 4.68 Å². The van der Waals surface area contributed by atoms with Gasteiger partial charge in [-0.1, -0.05) is 13.8 Å². The molecule has 0 aromatic carbocycles. The van der Waals surface area contributed by atoms with Gasteiger partial charge in [0.2, 0.25) is 0 Å². The van der Waals surface area contributed by atoms with E-state index < -0.39 is 0 Å². The zero-order valence-corrected chi connectivity index (χ0v) is 8.43. The lowest BCUT2D eigenvalue weighted by molar-refractivity contribution is 0.621. The fourth-order valence-electron chi connectivity index (χ4n) is 1.25. The maximum Gasteiger partial charge on any atom is 0.0624 e. The topological polar surface area (TPSA) is 17.8 Å². The molecule has 0 radical (unpaired) electrons. The second-order valence-corrected chi connectivity index (χ2v) is 3.12. The first-order valence-electron chi connectivity index (χ1n) is 4.43. The molecular weight excluding hydrogens is 172 g/mol. The number of aromatic nitrogens is 2. The summed E-state index contributed by atoms with van der Waals surface area (Å²) in [6, 6.07) is 2.16. The van der Waals surface area contributed by atoms with Crippen LogP contribution in [0.25, 0.3) is 0 Å². The van der Waals surface area contributed by atoms with Gasteiger partial charge < -0.3 is 0 Å². The Bertz CT molecular complexity index is 243. The van der Waals surface area contributed by atoms with E-state index in [1.807, 2.05) is 4.68 Å². The minimum Gasteiger partial charge on any atom is -0.268 e. The molecule has 0 N–H and O–H groups in total. The van der Waals surface area contributed by atoms with Gasteiger partial charge in [0.1, 0.15) is 0 Å². The Balaban J connectivity index is 2.84. The van der Waals surface area contributed by atoms with Crippen molar-refractivity contribution in [3.05, 3.63) is 17.5 Å². The Kier molecular flexibility index (Phi) is 3.60. The van der Waals surface area contributed by atoms with Gasteiger partial charge in [-0.2, -0.15) is 5.10 Å². The van der Waals surface area contributed by atoms with Crippen LogP contribution in [0.15, 0.2) is 6.07 Å². The second-order valence-electron chi connectivity index (χ2n) is 2.75. The van der Waals surface area contributed by atoms with E-state index in [4.69, 9.17) is 11.6 Å². The highest BCUT2D eigenvalue weighted by molar-refractivity contribution is 6.17. The molecule has 0 atom stereocenters. The summed E-state index contributed by atoms with van der Waals surface area (Å²) in [6.07, 6.45) is 2.03. The fourth-order valence-corrected chi connectivity index (χ4v) is 1.41. The molecule has 0 saturated carbocycles. The molecule has 1 rings (SSSR count). The summed E-state index contributed by atoms with van der Waals surface area (Å²) < 4.78 is 2.01. The Morgan fingerprint density at radius 2 is 2.17 bits per heavy atom. The first-order chi connectivity index (χ1) is 5.81. The van der Waals surface area contributed by atoms with Gasteiger partial charge in [-0.25, -0.2) is 0 Å². The minimum atomic E-state index is 0.637. The smallest absolute Gasteiger partial charge is 0.0624 e. The van der Waals surface area contributed by atoms with E-state index in [-0.39, 0.29) is 0 Å². The minimum absolute atomic E-state index is 0.637. The van der Waals surface area contributed by atoms with Crippen LogP contribution in [0.5, 0.6) is 0 Å². The number of halogens is 1. The van der Waals surface area contributed by atoms with E-state index in [1.54, 1.807) is 0 Å². The summed E-state index contributed by atoms with van der Waals surface area (Å²) in [4.78, 5) is 0. The second kappa shape index (κ2) is 4.51. The quantitative estimate of drug-likeness (QED) is 0.660. The van der Waals surface area contributed by atoms with E-state index in [2.05, 4.69) is 25.0 Å². The van der Waals surface area contributed by atoms with Crippen molar-refractivity contribution in [3.8, 4) is 0 Å². The summed E-state index contributed by atoms with van der Waals surface area (Å²) in [5.74, 6) is 0.637. The van der Waals surface area contributed by atoms with E-state index >= 15 is 0 Å². The largest absolute Gasteiger partial charge is 0.268 e. The van der Waals surface area contributed by atoms with Gasteiger partial charge in [-0.05, 0) is 18.9 Å². The third kappa shape index (κ3) is 2.01. The molecule has 1 heterocycles. The van der Waals surface area contributed by atoms with E-state index in [0.29, 0.717) is 5.88 Å². The van der Waals surface area contributed by atoms with Crippen LogP contribution in [0, 0.1) is 0 Å². The molecule has 0 aliphatic rings. The molecule has 0 aliphatic carbocycles. The van der Waals surface area contributed by atoms with Crippen molar-refractivity contribution >= 4 is 11.6 Å². The number of nitrogens with zero attached hydrogens (tertiary/aromatic N) is 2. The van der Waals surface area contributed by atoms with Crippen LogP contribution in [0.3, 0.4) is 0 Å². The number of hydrogen-bond acceptors (Lipinski definition) is 1. The van der Waals surface area contributed by atoms with Gasteiger partial charge in [0.15, 0.2) is 0 Å². The van der Waals surface area contributed by atoms with Crippen LogP contribution >= 0.6 is 11.6 Å². The highest BCUT2D eigenvalue weighted by atomic mass is 35.5. The molecule has 0 amide bonds. The summed E-state index contributed by atoms with van der Waals surface area (Å²) in [5.41, 5.74) is 2.45. The van der Waals surface area contributed by atoms with Crippen molar-refractivity contribution in [2.75, 3.05) is 5.88 Å². The van der Waals surface area contributed by atoms with Crippen LogP contribution in [0.4, 0.5) is 0 Å². The maximum atomic E-state index is 5.66. The molecule has 0 bridgehead atoms. The van der Waals surface area contributed by atoms with Crippen LogP contribution in [0.1, 0.15) is 25.2 Å². The third-order valence-corrected chi connectivity index (χ3v) is 2.10. The molecule has 3 heteroatoms. The lowest BCUT2D eigenvalue weighted by Crippen LogP contribution is -2.05. The van der Waals surface area contributed by atoms with Crippen LogP contribution < -0.4 is 0 Å². The number of aryl methyl sites for hydroxylation is 3. The highest BCUT2D eigenvalue weighted by Crippen LogP contribution is 2.06. The Morgan fingerprint density at radius 1 is 1.42 bits per heavy atom. The fraction of sp³-hybridized carbons (Fsp3) is 0.667. The van der Waals surface area contributed by atoms with Crippen molar-refractivity contribution in [3.63, 3.8) is 0 Å². The normalized spacial score (nSPS) is 10.6. The summed E-state index contributed by atoms with van der Waals surface area (Å²) in [7, 11) is 0. The van der Waals surface area contributed by atoms with Crippen molar-refractivity contribution < 1.29 is 0 Å². The Labute approximate surface area is 78.5 Å². The Morgan fingerprint density at radius 3 is 2.67 bits per heavy atom. The summed E-state index contributed by atoms with van der Waals surface area (Å²) in [6.45, 7) is 5.08. The predicted octanol–water partition coefficient (Wildman–Crippen LogP) is 2.25. The molecule has 0 saturated heterocycles. The molecule has 1 aromatic rings. The monoisotopic (exact) mass is 186 g/mol. The van der Waals surface area contributed by atoms with Crippen molar-refractivity contribution in [2.24, 2.45) is 0 Å². The molecule has 0 unspecified atom stereocenters. The van der Waals surface area contributed by atoms with E-state index in [9.17, 15) is 0 Å². The molecule has 2 nitrogen and oxygen atoms in total. The lowest BCUT2D eigenvalue weighted by Gasteiger charge is -2.01. The average Bonchev–Trinajstić information content (AvgIpc) is 2.48. The van der Waals surface area contributed by atoms with E-state index in [1.165, 1.54) is 5.69 Å². The molecule has 12 heavy (non-hydrogen) atoms. The Hall–Kier alpha value is -0.500. The third-order valence-electron chi connectivity index (χ3n) is 1.93. The van der Waals surface area contributed by atoms with Crippen molar-refractivity contribution in [1.82, 2.24) is 9.78 Å². The number of alkyl halides is 1. The summed E-state index contributed by atoms with van der Waals surface area (Å²) in [5, 5.41) is 4.42. The first kappa shape index (κ1) is 9.59. The molecule has 0 spiro atoms. The molecule has 0 aliphatic heterocycles. The van der Waals surface area contributed by atoms with Crippen LogP contribution in [0.2, 0.25) is 0 Å². The molecule has 0 fully saturated rings.